The molecule has 1 saturated carbocycles. The summed E-state index contributed by atoms with van der Waals surface area (Å²) in [5.41, 5.74) is 1.03. The van der Waals surface area contributed by atoms with Crippen molar-refractivity contribution in [1.82, 2.24) is 4.90 Å². The predicted octanol–water partition coefficient (Wildman–Crippen LogP) is 4.90. The van der Waals surface area contributed by atoms with E-state index in [1.54, 1.807) is 17.0 Å². The summed E-state index contributed by atoms with van der Waals surface area (Å²) >= 11 is 0. The van der Waals surface area contributed by atoms with Gasteiger partial charge in [0, 0.05) is 24.7 Å². The summed E-state index contributed by atoms with van der Waals surface area (Å²) in [4.78, 5) is 14.3. The normalized spacial score (nSPS) is 22.4. The van der Waals surface area contributed by atoms with Crippen molar-refractivity contribution < 1.29 is 23.4 Å². The number of phenols is 1. The maximum Gasteiger partial charge on any atom is 0.254 e. The lowest BCUT2D eigenvalue weighted by molar-refractivity contribution is 0.0685. The molecule has 4 nitrogen and oxygen atoms in total. The third-order valence-electron chi connectivity index (χ3n) is 6.20. The number of halogens is 2. The van der Waals surface area contributed by atoms with Crippen LogP contribution in [0.1, 0.15) is 48.5 Å². The second-order valence-electron chi connectivity index (χ2n) is 8.21. The number of nitrogens with zero attached hydrogens (tertiary/aromatic N) is 1. The standard InChI is InChI=1S/C23H25F2NO3/c1-14(29-19-4-2-3-18(24)10-19)16-7-5-15(6-8-16)12-26-13-17-9-21(25)22(27)11-20(17)23(26)28/h2-4,9-11,14-16,27H,5-8,12-13H2,1H3. The molecule has 2 aromatic carbocycles. The fraction of sp³-hybridized carbons (Fsp3) is 0.435. The molecular formula is C23H25F2NO3. The number of rotatable bonds is 5. The fourth-order valence-electron chi connectivity index (χ4n) is 4.53. The van der Waals surface area contributed by atoms with E-state index in [1.165, 1.54) is 24.3 Å². The van der Waals surface area contributed by atoms with Crippen molar-refractivity contribution in [1.29, 1.82) is 0 Å². The molecule has 1 atom stereocenters. The van der Waals surface area contributed by atoms with Gasteiger partial charge in [-0.15, -0.1) is 0 Å². The molecule has 1 N–H and O–H groups in total. The average Bonchev–Trinajstić information content (AvgIpc) is 2.97. The Morgan fingerprint density at radius 2 is 1.93 bits per heavy atom. The highest BCUT2D eigenvalue weighted by atomic mass is 19.1. The van der Waals surface area contributed by atoms with Crippen LogP contribution in [0.5, 0.6) is 11.5 Å². The third-order valence-corrected chi connectivity index (χ3v) is 6.20. The molecule has 29 heavy (non-hydrogen) atoms. The third kappa shape index (κ3) is 4.21. The van der Waals surface area contributed by atoms with Crippen molar-refractivity contribution in [2.24, 2.45) is 11.8 Å². The number of hydrogen-bond donors (Lipinski definition) is 1. The maximum atomic E-state index is 13.6. The van der Waals surface area contributed by atoms with Gasteiger partial charge in [-0.05, 0) is 74.3 Å². The molecule has 1 amide bonds. The Hall–Kier alpha value is -2.63. The van der Waals surface area contributed by atoms with Crippen LogP contribution in [0.2, 0.25) is 0 Å². The molecule has 0 radical (unpaired) electrons. The van der Waals surface area contributed by atoms with E-state index in [2.05, 4.69) is 0 Å². The van der Waals surface area contributed by atoms with E-state index in [4.69, 9.17) is 4.74 Å². The highest BCUT2D eigenvalue weighted by Crippen LogP contribution is 2.35. The average molecular weight is 401 g/mol. The van der Waals surface area contributed by atoms with Gasteiger partial charge in [0.2, 0.25) is 0 Å². The summed E-state index contributed by atoms with van der Waals surface area (Å²) in [5, 5.41) is 9.53. The van der Waals surface area contributed by atoms with Gasteiger partial charge in [-0.2, -0.15) is 0 Å². The van der Waals surface area contributed by atoms with Crippen LogP contribution in [0.4, 0.5) is 8.78 Å². The van der Waals surface area contributed by atoms with Crippen LogP contribution >= 0.6 is 0 Å². The lowest BCUT2D eigenvalue weighted by atomic mass is 9.79. The lowest BCUT2D eigenvalue weighted by Crippen LogP contribution is -2.34. The number of amides is 1. The number of phenolic OH excluding ortho intramolecular Hbond substituents is 1. The number of ether oxygens (including phenoxy) is 1. The molecule has 1 unspecified atom stereocenters. The molecule has 1 fully saturated rings. The van der Waals surface area contributed by atoms with E-state index in [0.717, 1.165) is 25.7 Å². The van der Waals surface area contributed by atoms with Crippen molar-refractivity contribution in [3.05, 3.63) is 59.2 Å². The summed E-state index contributed by atoms with van der Waals surface area (Å²) in [6.07, 6.45) is 3.96. The van der Waals surface area contributed by atoms with Crippen molar-refractivity contribution >= 4 is 5.91 Å². The molecule has 0 spiro atoms. The zero-order valence-corrected chi connectivity index (χ0v) is 16.4. The minimum absolute atomic E-state index is 0.00127. The topological polar surface area (TPSA) is 49.8 Å². The summed E-state index contributed by atoms with van der Waals surface area (Å²) < 4.78 is 32.8. The number of fused-ring (bicyclic) bond motifs is 1. The minimum atomic E-state index is -0.689. The van der Waals surface area contributed by atoms with Crippen molar-refractivity contribution in [3.63, 3.8) is 0 Å². The Balaban J connectivity index is 1.30. The molecular weight excluding hydrogens is 376 g/mol. The molecule has 0 bridgehead atoms. The van der Waals surface area contributed by atoms with Gasteiger partial charge in [0.1, 0.15) is 11.6 Å². The zero-order chi connectivity index (χ0) is 20.5. The SMILES string of the molecule is CC(Oc1cccc(F)c1)C1CCC(CN2Cc3cc(F)c(O)cc3C2=O)CC1. The molecule has 2 aliphatic rings. The van der Waals surface area contributed by atoms with Crippen LogP contribution in [0, 0.1) is 23.5 Å². The second-order valence-corrected chi connectivity index (χ2v) is 8.21. The molecule has 0 saturated heterocycles. The number of aromatic hydroxyl groups is 1. The minimum Gasteiger partial charge on any atom is -0.505 e. The number of hydrogen-bond acceptors (Lipinski definition) is 3. The number of carbonyl (C=O) groups excluding carboxylic acids is 1. The highest BCUT2D eigenvalue weighted by Gasteiger charge is 2.33. The molecule has 4 rings (SSSR count). The van der Waals surface area contributed by atoms with Gasteiger partial charge < -0.3 is 14.7 Å². The number of benzene rings is 2. The van der Waals surface area contributed by atoms with Crippen molar-refractivity contribution in [2.45, 2.75) is 45.3 Å². The first-order valence-corrected chi connectivity index (χ1v) is 10.1. The first-order chi connectivity index (χ1) is 13.9. The Morgan fingerprint density at radius 3 is 2.66 bits per heavy atom. The summed E-state index contributed by atoms with van der Waals surface area (Å²) in [6.45, 7) is 3.06. The van der Waals surface area contributed by atoms with E-state index in [1.807, 2.05) is 6.92 Å². The Bertz CT molecular complexity index is 909. The Kier molecular flexibility index (Phi) is 5.43. The van der Waals surface area contributed by atoms with E-state index in [-0.39, 0.29) is 17.8 Å². The quantitative estimate of drug-likeness (QED) is 0.775. The first-order valence-electron chi connectivity index (χ1n) is 10.1. The van der Waals surface area contributed by atoms with Gasteiger partial charge in [-0.3, -0.25) is 4.79 Å². The van der Waals surface area contributed by atoms with Crippen molar-refractivity contribution in [2.75, 3.05) is 6.54 Å². The second kappa shape index (κ2) is 8.01. The van der Waals surface area contributed by atoms with Gasteiger partial charge in [-0.25, -0.2) is 8.78 Å². The number of carbonyl (C=O) groups is 1. The monoisotopic (exact) mass is 401 g/mol. The Morgan fingerprint density at radius 1 is 1.17 bits per heavy atom. The summed E-state index contributed by atoms with van der Waals surface area (Å²) in [6, 6.07) is 8.70. The zero-order valence-electron chi connectivity index (χ0n) is 16.4. The fourth-order valence-corrected chi connectivity index (χ4v) is 4.53. The van der Waals surface area contributed by atoms with Crippen LogP contribution in [-0.4, -0.2) is 28.6 Å². The van der Waals surface area contributed by atoms with E-state index in [9.17, 15) is 18.7 Å². The van der Waals surface area contributed by atoms with E-state index < -0.39 is 11.6 Å². The predicted molar refractivity (Wildman–Crippen MR) is 105 cm³/mol. The summed E-state index contributed by atoms with van der Waals surface area (Å²) in [5.74, 6) is -0.270. The molecule has 2 aromatic rings. The van der Waals surface area contributed by atoms with Gasteiger partial charge in [0.25, 0.3) is 5.91 Å². The highest BCUT2D eigenvalue weighted by molar-refractivity contribution is 5.98. The van der Waals surface area contributed by atoms with E-state index in [0.29, 0.717) is 41.8 Å². The smallest absolute Gasteiger partial charge is 0.254 e. The van der Waals surface area contributed by atoms with Crippen LogP contribution in [0.25, 0.3) is 0 Å². The Labute approximate surface area is 169 Å². The van der Waals surface area contributed by atoms with Gasteiger partial charge in [0.05, 0.1) is 6.10 Å². The van der Waals surface area contributed by atoms with Gasteiger partial charge >= 0.3 is 0 Å². The molecule has 6 heteroatoms. The molecule has 0 aromatic heterocycles. The van der Waals surface area contributed by atoms with Gasteiger partial charge in [0.15, 0.2) is 11.6 Å². The molecule has 1 aliphatic carbocycles. The largest absolute Gasteiger partial charge is 0.505 e. The molecule has 1 heterocycles. The molecule has 1 aliphatic heterocycles. The van der Waals surface area contributed by atoms with Crippen LogP contribution in [0.15, 0.2) is 36.4 Å². The van der Waals surface area contributed by atoms with Crippen LogP contribution < -0.4 is 4.74 Å². The first kappa shape index (κ1) is 19.7. The van der Waals surface area contributed by atoms with Crippen LogP contribution in [0.3, 0.4) is 0 Å². The van der Waals surface area contributed by atoms with E-state index >= 15 is 0 Å². The van der Waals surface area contributed by atoms with Crippen molar-refractivity contribution in [3.8, 4) is 11.5 Å². The lowest BCUT2D eigenvalue weighted by Gasteiger charge is -2.34. The van der Waals surface area contributed by atoms with Crippen LogP contribution in [-0.2, 0) is 6.54 Å². The molecule has 154 valence electrons. The van der Waals surface area contributed by atoms with Gasteiger partial charge in [-0.1, -0.05) is 6.07 Å². The summed E-state index contributed by atoms with van der Waals surface area (Å²) in [7, 11) is 0. The maximum absolute atomic E-state index is 13.6.